The molecule has 0 fully saturated rings. The summed E-state index contributed by atoms with van der Waals surface area (Å²) in [4.78, 5) is 12.1. The zero-order valence-electron chi connectivity index (χ0n) is 11.2. The van der Waals surface area contributed by atoms with E-state index in [4.69, 9.17) is 16.3 Å². The molecule has 1 aromatic rings. The van der Waals surface area contributed by atoms with Crippen molar-refractivity contribution in [3.8, 4) is 5.75 Å². The average Bonchev–Trinajstić information content (AvgIpc) is 2.43. The van der Waals surface area contributed by atoms with Gasteiger partial charge in [-0.25, -0.2) is 0 Å². The molecule has 1 rings (SSSR count). The first kappa shape index (κ1) is 16.3. The lowest BCUT2D eigenvalue weighted by Gasteiger charge is -2.15. The van der Waals surface area contributed by atoms with Crippen molar-refractivity contribution >= 4 is 33.4 Å². The molecule has 106 valence electrons. The fourth-order valence-corrected chi connectivity index (χ4v) is 2.48. The summed E-state index contributed by atoms with van der Waals surface area (Å²) in [5.41, 5.74) is 0.583. The minimum absolute atomic E-state index is 0.0983. The van der Waals surface area contributed by atoms with Gasteiger partial charge >= 0.3 is 0 Å². The summed E-state index contributed by atoms with van der Waals surface area (Å²) in [7, 11) is 1.58. The average molecular weight is 349 g/mol. The van der Waals surface area contributed by atoms with Crippen LogP contribution in [0.25, 0.3) is 0 Å². The first-order valence-electron chi connectivity index (χ1n) is 6.30. The monoisotopic (exact) mass is 347 g/mol. The van der Waals surface area contributed by atoms with Crippen molar-refractivity contribution in [2.75, 3.05) is 19.5 Å². The second-order valence-corrected chi connectivity index (χ2v) is 5.54. The van der Waals surface area contributed by atoms with Crippen LogP contribution in [0, 0.1) is 5.92 Å². The first-order valence-corrected chi connectivity index (χ1v) is 7.62. The third-order valence-corrected chi connectivity index (χ3v) is 3.97. The fraction of sp³-hybridized carbons (Fsp3) is 0.500. The van der Waals surface area contributed by atoms with Gasteiger partial charge in [-0.3, -0.25) is 4.79 Å². The molecule has 0 radical (unpaired) electrons. The summed E-state index contributed by atoms with van der Waals surface area (Å²) in [5.74, 6) is 1.61. The van der Waals surface area contributed by atoms with Crippen LogP contribution in [-0.4, -0.2) is 25.4 Å². The third kappa shape index (κ3) is 5.03. The number of halogens is 2. The number of rotatable bonds is 7. The highest BCUT2D eigenvalue weighted by atomic mass is 79.9. The Hall–Kier alpha value is -0.740. The van der Waals surface area contributed by atoms with Crippen LogP contribution in [0.1, 0.15) is 30.1 Å². The maximum Gasteiger partial charge on any atom is 0.252 e. The summed E-state index contributed by atoms with van der Waals surface area (Å²) >= 11 is 9.11. The van der Waals surface area contributed by atoms with Gasteiger partial charge in [-0.2, -0.15) is 0 Å². The van der Waals surface area contributed by atoms with Gasteiger partial charge in [0, 0.05) is 16.9 Å². The molecule has 1 amide bonds. The van der Waals surface area contributed by atoms with E-state index < -0.39 is 0 Å². The van der Waals surface area contributed by atoms with Crippen LogP contribution in [0.5, 0.6) is 5.75 Å². The Labute approximate surface area is 127 Å². The number of carbonyl (C=O) groups is 1. The van der Waals surface area contributed by atoms with Gasteiger partial charge in [0.2, 0.25) is 0 Å². The largest absolute Gasteiger partial charge is 0.497 e. The quantitative estimate of drug-likeness (QED) is 0.760. The van der Waals surface area contributed by atoms with Crippen molar-refractivity contribution in [1.82, 2.24) is 5.32 Å². The van der Waals surface area contributed by atoms with E-state index in [-0.39, 0.29) is 5.91 Å². The number of alkyl halides is 1. The molecule has 1 unspecified atom stereocenters. The molecule has 0 bridgehead atoms. The van der Waals surface area contributed by atoms with Gasteiger partial charge in [0.25, 0.3) is 5.91 Å². The fourth-order valence-electron chi connectivity index (χ4n) is 1.74. The molecule has 1 aromatic carbocycles. The zero-order chi connectivity index (χ0) is 14.3. The Kier molecular flexibility index (Phi) is 7.24. The number of benzene rings is 1. The van der Waals surface area contributed by atoms with E-state index in [9.17, 15) is 4.79 Å². The van der Waals surface area contributed by atoms with E-state index in [1.165, 1.54) is 0 Å². The molecule has 0 aliphatic heterocycles. The molecule has 0 aromatic heterocycles. The Morgan fingerprint density at radius 2 is 2.26 bits per heavy atom. The molecule has 1 atom stereocenters. The molecule has 0 saturated carbocycles. The minimum Gasteiger partial charge on any atom is -0.497 e. The van der Waals surface area contributed by atoms with E-state index in [0.29, 0.717) is 29.7 Å². The highest BCUT2D eigenvalue weighted by molar-refractivity contribution is 9.10. The maximum atomic E-state index is 12.1. The van der Waals surface area contributed by atoms with Crippen molar-refractivity contribution in [3.05, 3.63) is 28.2 Å². The lowest BCUT2D eigenvalue weighted by atomic mass is 10.0. The molecular weight excluding hydrogens is 330 g/mol. The number of ether oxygens (including phenoxy) is 1. The van der Waals surface area contributed by atoms with Crippen LogP contribution >= 0.6 is 27.5 Å². The maximum absolute atomic E-state index is 12.1. The first-order chi connectivity index (χ1) is 9.12. The van der Waals surface area contributed by atoms with Crippen molar-refractivity contribution in [2.45, 2.75) is 19.8 Å². The number of nitrogens with one attached hydrogen (secondary N) is 1. The van der Waals surface area contributed by atoms with Crippen LogP contribution in [0.2, 0.25) is 0 Å². The third-order valence-electron chi connectivity index (χ3n) is 3.06. The predicted molar refractivity (Wildman–Crippen MR) is 82.1 cm³/mol. The Bertz CT molecular complexity index is 426. The van der Waals surface area contributed by atoms with Gasteiger partial charge in [-0.1, -0.05) is 13.3 Å². The lowest BCUT2D eigenvalue weighted by molar-refractivity contribution is 0.0945. The number of hydrogen-bond acceptors (Lipinski definition) is 2. The molecule has 0 aliphatic carbocycles. The van der Waals surface area contributed by atoms with Gasteiger partial charge in [-0.05, 0) is 46.5 Å². The molecule has 5 heteroatoms. The molecule has 19 heavy (non-hydrogen) atoms. The molecule has 1 N–H and O–H groups in total. The number of methoxy groups -OCH3 is 1. The smallest absolute Gasteiger partial charge is 0.252 e. The second-order valence-electron chi connectivity index (χ2n) is 4.31. The van der Waals surface area contributed by atoms with Crippen LogP contribution in [0.15, 0.2) is 22.7 Å². The number of carbonyl (C=O) groups excluding carboxylic acids is 1. The highest BCUT2D eigenvalue weighted by Gasteiger charge is 2.13. The molecular formula is C14H19BrClNO2. The van der Waals surface area contributed by atoms with E-state index >= 15 is 0 Å². The minimum atomic E-state index is -0.0983. The summed E-state index contributed by atoms with van der Waals surface area (Å²) in [6.07, 6.45) is 1.92. The topological polar surface area (TPSA) is 38.3 Å². The van der Waals surface area contributed by atoms with E-state index in [0.717, 1.165) is 17.3 Å². The van der Waals surface area contributed by atoms with Crippen LogP contribution in [0.3, 0.4) is 0 Å². The Balaban J connectivity index is 2.67. The van der Waals surface area contributed by atoms with Crippen LogP contribution in [0.4, 0.5) is 0 Å². The van der Waals surface area contributed by atoms with Gasteiger partial charge < -0.3 is 10.1 Å². The summed E-state index contributed by atoms with van der Waals surface area (Å²) in [6, 6.07) is 5.34. The van der Waals surface area contributed by atoms with E-state index in [1.54, 1.807) is 13.2 Å². The normalized spacial score (nSPS) is 12.0. The van der Waals surface area contributed by atoms with Crippen molar-refractivity contribution < 1.29 is 9.53 Å². The summed E-state index contributed by atoms with van der Waals surface area (Å²) in [5, 5.41) is 2.94. The SMILES string of the molecule is CCC(CCCl)CNC(=O)c1cc(OC)ccc1Br. The number of amides is 1. The molecule has 0 aliphatic rings. The van der Waals surface area contributed by atoms with Crippen LogP contribution < -0.4 is 10.1 Å². The van der Waals surface area contributed by atoms with E-state index in [2.05, 4.69) is 28.2 Å². The lowest BCUT2D eigenvalue weighted by Crippen LogP contribution is -2.29. The molecule has 0 heterocycles. The summed E-state index contributed by atoms with van der Waals surface area (Å²) in [6.45, 7) is 2.75. The van der Waals surface area contributed by atoms with E-state index in [1.807, 2.05) is 12.1 Å². The number of hydrogen-bond donors (Lipinski definition) is 1. The predicted octanol–water partition coefficient (Wildman–Crippen LogP) is 3.84. The van der Waals surface area contributed by atoms with Crippen molar-refractivity contribution in [1.29, 1.82) is 0 Å². The summed E-state index contributed by atoms with van der Waals surface area (Å²) < 4.78 is 5.89. The molecule has 0 saturated heterocycles. The second kappa shape index (κ2) is 8.43. The van der Waals surface area contributed by atoms with Gasteiger partial charge in [0.05, 0.1) is 12.7 Å². The zero-order valence-corrected chi connectivity index (χ0v) is 13.6. The van der Waals surface area contributed by atoms with Gasteiger partial charge in [0.15, 0.2) is 0 Å². The van der Waals surface area contributed by atoms with Gasteiger partial charge in [-0.15, -0.1) is 11.6 Å². The van der Waals surface area contributed by atoms with Gasteiger partial charge in [0.1, 0.15) is 5.75 Å². The Morgan fingerprint density at radius 1 is 1.53 bits per heavy atom. The van der Waals surface area contributed by atoms with Crippen molar-refractivity contribution in [3.63, 3.8) is 0 Å². The van der Waals surface area contributed by atoms with Crippen LogP contribution in [-0.2, 0) is 0 Å². The van der Waals surface area contributed by atoms with Crippen molar-refractivity contribution in [2.24, 2.45) is 5.92 Å². The Morgan fingerprint density at radius 3 is 2.84 bits per heavy atom. The molecule has 0 spiro atoms. The standard InChI is InChI=1S/C14H19BrClNO2/c1-3-10(6-7-16)9-17-14(18)12-8-11(19-2)4-5-13(12)15/h4-5,8,10H,3,6-7,9H2,1-2H3,(H,17,18). The highest BCUT2D eigenvalue weighted by Crippen LogP contribution is 2.22. The molecule has 3 nitrogen and oxygen atoms in total.